The second kappa shape index (κ2) is 5.48. The second-order valence-electron chi connectivity index (χ2n) is 4.42. The van der Waals surface area contributed by atoms with Gasteiger partial charge in [0.2, 0.25) is 0 Å². The van der Waals surface area contributed by atoms with Crippen LogP contribution in [0.1, 0.15) is 12.0 Å². The van der Waals surface area contributed by atoms with Crippen LogP contribution in [0.5, 0.6) is 0 Å². The molecule has 1 aliphatic carbocycles. The van der Waals surface area contributed by atoms with E-state index >= 15 is 0 Å². The fraction of sp³-hybridized carbons (Fsp3) is 0.125. The Morgan fingerprint density at radius 2 is 1.95 bits per heavy atom. The van der Waals surface area contributed by atoms with Crippen molar-refractivity contribution in [3.63, 3.8) is 0 Å². The van der Waals surface area contributed by atoms with Crippen LogP contribution < -0.4 is 5.32 Å². The van der Waals surface area contributed by atoms with Gasteiger partial charge >= 0.3 is 0 Å². The predicted molar refractivity (Wildman–Crippen MR) is 77.4 cm³/mol. The number of fused-ring (bicyclic) bond motifs is 1. The summed E-state index contributed by atoms with van der Waals surface area (Å²) < 4.78 is 0. The Hall–Kier alpha value is -2.42. The molecule has 1 aromatic heterocycles. The van der Waals surface area contributed by atoms with Gasteiger partial charge in [-0.2, -0.15) is 0 Å². The van der Waals surface area contributed by atoms with Gasteiger partial charge in [0, 0.05) is 24.6 Å². The molecule has 1 heterocycles. The number of hydrogen-bond acceptors (Lipinski definition) is 3. The van der Waals surface area contributed by atoms with Crippen molar-refractivity contribution in [3.8, 4) is 0 Å². The van der Waals surface area contributed by atoms with Gasteiger partial charge in [-0.15, -0.1) is 0 Å². The third-order valence-corrected chi connectivity index (χ3v) is 3.01. The van der Waals surface area contributed by atoms with Crippen LogP contribution >= 0.6 is 0 Å². The predicted octanol–water partition coefficient (Wildman–Crippen LogP) is 3.12. The molecule has 3 nitrogen and oxygen atoms in total. The molecule has 0 spiro atoms. The highest BCUT2D eigenvalue weighted by Crippen LogP contribution is 2.11. The molecule has 1 aromatic carbocycles. The summed E-state index contributed by atoms with van der Waals surface area (Å²) in [6.45, 7) is 0.788. The molecule has 1 aliphatic rings. The van der Waals surface area contributed by atoms with Crippen molar-refractivity contribution >= 4 is 11.0 Å². The largest absolute Gasteiger partial charge is 0.381 e. The van der Waals surface area contributed by atoms with Crippen molar-refractivity contribution in [2.45, 2.75) is 13.0 Å². The van der Waals surface area contributed by atoms with Crippen molar-refractivity contribution in [2.24, 2.45) is 0 Å². The number of nitrogens with one attached hydrogen (secondary N) is 1. The maximum absolute atomic E-state index is 4.32. The Balaban J connectivity index is 1.74. The fourth-order valence-corrected chi connectivity index (χ4v) is 2.02. The van der Waals surface area contributed by atoms with Crippen molar-refractivity contribution in [1.82, 2.24) is 15.3 Å². The Morgan fingerprint density at radius 3 is 2.89 bits per heavy atom. The molecule has 1 N–H and O–H groups in total. The minimum atomic E-state index is 0.788. The SMILES string of the molecule is C1=CCC=CC(NCc2ccc3nccnc3c2)=C1. The van der Waals surface area contributed by atoms with E-state index in [-0.39, 0.29) is 0 Å². The van der Waals surface area contributed by atoms with E-state index in [1.54, 1.807) is 12.4 Å². The lowest BCUT2D eigenvalue weighted by Gasteiger charge is -2.07. The van der Waals surface area contributed by atoms with Crippen molar-refractivity contribution in [1.29, 1.82) is 0 Å². The minimum Gasteiger partial charge on any atom is -0.381 e. The first-order valence-electron chi connectivity index (χ1n) is 6.39. The number of hydrogen-bond donors (Lipinski definition) is 1. The van der Waals surface area contributed by atoms with E-state index in [2.05, 4.69) is 57.8 Å². The lowest BCUT2D eigenvalue weighted by molar-refractivity contribution is 0.834. The number of nitrogens with zero attached hydrogens (tertiary/aromatic N) is 2. The normalized spacial score (nSPS) is 14.2. The monoisotopic (exact) mass is 249 g/mol. The van der Waals surface area contributed by atoms with E-state index in [9.17, 15) is 0 Å². The summed E-state index contributed by atoms with van der Waals surface area (Å²) in [5.41, 5.74) is 4.21. The average Bonchev–Trinajstić information content (AvgIpc) is 2.73. The highest BCUT2D eigenvalue weighted by molar-refractivity contribution is 5.74. The molecule has 0 aliphatic heterocycles. The first-order chi connectivity index (χ1) is 9.42. The summed E-state index contributed by atoms with van der Waals surface area (Å²) in [5.74, 6) is 0. The van der Waals surface area contributed by atoms with Crippen LogP contribution in [0, 0.1) is 0 Å². The lowest BCUT2D eigenvalue weighted by atomic mass is 10.2. The van der Waals surface area contributed by atoms with Gasteiger partial charge in [-0.3, -0.25) is 9.97 Å². The molecule has 0 fully saturated rings. The van der Waals surface area contributed by atoms with Crippen molar-refractivity contribution in [3.05, 3.63) is 72.2 Å². The Labute approximate surface area is 112 Å². The van der Waals surface area contributed by atoms with E-state index < -0.39 is 0 Å². The third kappa shape index (κ3) is 2.88. The third-order valence-electron chi connectivity index (χ3n) is 3.01. The van der Waals surface area contributed by atoms with E-state index in [1.165, 1.54) is 5.56 Å². The van der Waals surface area contributed by atoms with Crippen LogP contribution in [0.2, 0.25) is 0 Å². The smallest absolute Gasteiger partial charge is 0.0890 e. The van der Waals surface area contributed by atoms with Gasteiger partial charge in [-0.1, -0.05) is 24.3 Å². The summed E-state index contributed by atoms with van der Waals surface area (Å²) in [7, 11) is 0. The molecule has 0 radical (unpaired) electrons. The molecule has 0 unspecified atom stereocenters. The van der Waals surface area contributed by atoms with Gasteiger partial charge in [0.1, 0.15) is 0 Å². The Bertz CT molecular complexity index is 669. The standard InChI is InChI=1S/C16H15N3/c1-2-4-6-14(5-3-1)19-12-13-7-8-15-16(11-13)18-10-9-17-15/h1,3-11,19H,2,12H2. The van der Waals surface area contributed by atoms with Crippen LogP contribution in [0.25, 0.3) is 11.0 Å². The molecule has 0 atom stereocenters. The van der Waals surface area contributed by atoms with Crippen LogP contribution in [-0.2, 0) is 6.54 Å². The van der Waals surface area contributed by atoms with Crippen LogP contribution in [-0.4, -0.2) is 9.97 Å². The van der Waals surface area contributed by atoms with Crippen LogP contribution in [0.15, 0.2) is 66.7 Å². The van der Waals surface area contributed by atoms with Crippen LogP contribution in [0.3, 0.4) is 0 Å². The highest BCUT2D eigenvalue weighted by atomic mass is 14.9. The molecule has 3 heteroatoms. The van der Waals surface area contributed by atoms with E-state index in [1.807, 2.05) is 6.07 Å². The first kappa shape index (κ1) is 11.7. The number of aromatic nitrogens is 2. The van der Waals surface area contributed by atoms with Gasteiger partial charge in [-0.25, -0.2) is 0 Å². The van der Waals surface area contributed by atoms with E-state index in [4.69, 9.17) is 0 Å². The van der Waals surface area contributed by atoms with Gasteiger partial charge in [0.25, 0.3) is 0 Å². The number of benzene rings is 1. The zero-order chi connectivity index (χ0) is 12.9. The maximum atomic E-state index is 4.32. The van der Waals surface area contributed by atoms with Crippen molar-refractivity contribution in [2.75, 3.05) is 0 Å². The fourth-order valence-electron chi connectivity index (χ4n) is 2.02. The molecule has 94 valence electrons. The van der Waals surface area contributed by atoms with E-state index in [0.29, 0.717) is 0 Å². The number of rotatable bonds is 3. The number of allylic oxidation sites excluding steroid dienone is 5. The summed E-state index contributed by atoms with van der Waals surface area (Å²) >= 11 is 0. The van der Waals surface area contributed by atoms with E-state index in [0.717, 1.165) is 29.7 Å². The summed E-state index contributed by atoms with van der Waals surface area (Å²) in [5, 5.41) is 3.42. The maximum Gasteiger partial charge on any atom is 0.0890 e. The first-order valence-corrected chi connectivity index (χ1v) is 6.39. The summed E-state index contributed by atoms with van der Waals surface area (Å²) in [4.78, 5) is 8.59. The minimum absolute atomic E-state index is 0.788. The Kier molecular flexibility index (Phi) is 3.36. The van der Waals surface area contributed by atoms with Gasteiger partial charge in [-0.05, 0) is 36.3 Å². The molecule has 0 bridgehead atoms. The summed E-state index contributed by atoms with van der Waals surface area (Å²) in [6.07, 6.45) is 15.0. The Morgan fingerprint density at radius 1 is 1.05 bits per heavy atom. The van der Waals surface area contributed by atoms with Crippen LogP contribution in [0.4, 0.5) is 0 Å². The molecule has 2 aromatic rings. The average molecular weight is 249 g/mol. The molecule has 19 heavy (non-hydrogen) atoms. The molecule has 3 rings (SSSR count). The highest BCUT2D eigenvalue weighted by Gasteiger charge is 1.99. The van der Waals surface area contributed by atoms with Crippen molar-refractivity contribution < 1.29 is 0 Å². The molecular formula is C16H15N3. The molecule has 0 saturated carbocycles. The molecule has 0 saturated heterocycles. The zero-order valence-corrected chi connectivity index (χ0v) is 10.6. The topological polar surface area (TPSA) is 37.8 Å². The molecule has 0 amide bonds. The quantitative estimate of drug-likeness (QED) is 0.908. The summed E-state index contributed by atoms with van der Waals surface area (Å²) in [6, 6.07) is 6.17. The lowest BCUT2D eigenvalue weighted by Crippen LogP contribution is -2.11. The second-order valence-corrected chi connectivity index (χ2v) is 4.42. The zero-order valence-electron chi connectivity index (χ0n) is 10.6. The van der Waals surface area contributed by atoms with Gasteiger partial charge in [0.05, 0.1) is 11.0 Å². The van der Waals surface area contributed by atoms with Gasteiger partial charge < -0.3 is 5.32 Å². The molecular weight excluding hydrogens is 234 g/mol. The van der Waals surface area contributed by atoms with Gasteiger partial charge in [0.15, 0.2) is 0 Å².